The van der Waals surface area contributed by atoms with E-state index in [4.69, 9.17) is 5.73 Å². The van der Waals surface area contributed by atoms with Crippen molar-refractivity contribution >= 4 is 0 Å². The molecule has 1 aliphatic carbocycles. The van der Waals surface area contributed by atoms with E-state index < -0.39 is 0 Å². The average molecular weight is 212 g/mol. The Bertz CT molecular complexity index is 159. The second-order valence-corrected chi connectivity index (χ2v) is 5.04. The number of hydrogen-bond donors (Lipinski definition) is 1. The highest BCUT2D eigenvalue weighted by Crippen LogP contribution is 2.28. The number of nitrogens with zero attached hydrogens (tertiary/aromatic N) is 1. The fourth-order valence-corrected chi connectivity index (χ4v) is 2.83. The first-order valence-electron chi connectivity index (χ1n) is 6.70. The third-order valence-electron chi connectivity index (χ3n) is 3.85. The molecule has 0 heterocycles. The van der Waals surface area contributed by atoms with Crippen LogP contribution < -0.4 is 5.73 Å². The van der Waals surface area contributed by atoms with Gasteiger partial charge < -0.3 is 10.6 Å². The first-order chi connectivity index (χ1) is 7.29. The van der Waals surface area contributed by atoms with E-state index in [0.29, 0.717) is 0 Å². The average Bonchev–Trinajstić information content (AvgIpc) is 2.72. The first kappa shape index (κ1) is 13.0. The molecule has 1 saturated carbocycles. The summed E-state index contributed by atoms with van der Waals surface area (Å²) in [6, 6.07) is 0.775. The van der Waals surface area contributed by atoms with Crippen LogP contribution in [-0.4, -0.2) is 31.1 Å². The van der Waals surface area contributed by atoms with Gasteiger partial charge in [0, 0.05) is 6.04 Å². The Morgan fingerprint density at radius 3 is 2.67 bits per heavy atom. The number of hydrogen-bond acceptors (Lipinski definition) is 2. The molecule has 2 atom stereocenters. The predicted octanol–water partition coefficient (Wildman–Crippen LogP) is 2.63. The van der Waals surface area contributed by atoms with E-state index in [1.54, 1.807) is 0 Å². The second kappa shape index (κ2) is 7.24. The van der Waals surface area contributed by atoms with E-state index in [-0.39, 0.29) is 0 Å². The van der Waals surface area contributed by atoms with Crippen molar-refractivity contribution in [3.05, 3.63) is 0 Å². The minimum Gasteiger partial charge on any atom is -0.330 e. The molecule has 0 radical (unpaired) electrons. The SMILES string of the molecule is CCCCCCN(C)C1CCCC1CN. The Morgan fingerprint density at radius 2 is 2.00 bits per heavy atom. The van der Waals surface area contributed by atoms with Gasteiger partial charge in [-0.15, -0.1) is 0 Å². The molecule has 0 aromatic carbocycles. The van der Waals surface area contributed by atoms with Crippen molar-refractivity contribution in [3.63, 3.8) is 0 Å². The standard InChI is InChI=1S/C13H28N2/c1-3-4-5-6-10-15(2)13-9-7-8-12(13)11-14/h12-13H,3-11,14H2,1-2H3. The lowest BCUT2D eigenvalue weighted by atomic mass is 10.0. The molecule has 0 saturated heterocycles. The van der Waals surface area contributed by atoms with E-state index in [0.717, 1.165) is 18.5 Å². The summed E-state index contributed by atoms with van der Waals surface area (Å²) in [5.74, 6) is 0.765. The monoisotopic (exact) mass is 212 g/mol. The summed E-state index contributed by atoms with van der Waals surface area (Å²) >= 11 is 0. The zero-order valence-corrected chi connectivity index (χ0v) is 10.5. The second-order valence-electron chi connectivity index (χ2n) is 5.04. The molecule has 0 amide bonds. The van der Waals surface area contributed by atoms with Crippen LogP contribution in [0.5, 0.6) is 0 Å². The summed E-state index contributed by atoms with van der Waals surface area (Å²) in [7, 11) is 2.28. The quantitative estimate of drug-likeness (QED) is 0.657. The Morgan fingerprint density at radius 1 is 1.20 bits per heavy atom. The molecule has 2 unspecified atom stereocenters. The van der Waals surface area contributed by atoms with Crippen molar-refractivity contribution < 1.29 is 0 Å². The molecule has 2 heteroatoms. The van der Waals surface area contributed by atoms with Gasteiger partial charge in [0.2, 0.25) is 0 Å². The summed E-state index contributed by atoms with van der Waals surface area (Å²) in [6.07, 6.45) is 9.56. The smallest absolute Gasteiger partial charge is 0.0132 e. The molecule has 1 fully saturated rings. The maximum atomic E-state index is 5.81. The van der Waals surface area contributed by atoms with Gasteiger partial charge in [-0.25, -0.2) is 0 Å². The summed E-state index contributed by atoms with van der Waals surface area (Å²) in [4.78, 5) is 2.56. The summed E-state index contributed by atoms with van der Waals surface area (Å²) in [6.45, 7) is 4.41. The zero-order valence-electron chi connectivity index (χ0n) is 10.5. The van der Waals surface area contributed by atoms with Crippen LogP contribution in [-0.2, 0) is 0 Å². The fraction of sp³-hybridized carbons (Fsp3) is 1.00. The van der Waals surface area contributed by atoms with Crippen LogP contribution in [0.4, 0.5) is 0 Å². The van der Waals surface area contributed by atoms with Gasteiger partial charge in [-0.3, -0.25) is 0 Å². The van der Waals surface area contributed by atoms with Crippen LogP contribution in [0.2, 0.25) is 0 Å². The molecule has 2 nitrogen and oxygen atoms in total. The van der Waals surface area contributed by atoms with Crippen molar-refractivity contribution in [1.29, 1.82) is 0 Å². The maximum absolute atomic E-state index is 5.81. The Balaban J connectivity index is 2.17. The lowest BCUT2D eigenvalue weighted by Gasteiger charge is -2.29. The van der Waals surface area contributed by atoms with Crippen LogP contribution in [0.3, 0.4) is 0 Å². The Hall–Kier alpha value is -0.0800. The molecule has 0 aromatic heterocycles. The highest BCUT2D eigenvalue weighted by Gasteiger charge is 2.28. The van der Waals surface area contributed by atoms with E-state index in [2.05, 4.69) is 18.9 Å². The van der Waals surface area contributed by atoms with Gasteiger partial charge >= 0.3 is 0 Å². The van der Waals surface area contributed by atoms with Gasteiger partial charge in [-0.1, -0.05) is 32.6 Å². The highest BCUT2D eigenvalue weighted by atomic mass is 15.1. The summed E-state index contributed by atoms with van der Waals surface area (Å²) < 4.78 is 0. The van der Waals surface area contributed by atoms with E-state index >= 15 is 0 Å². The molecule has 15 heavy (non-hydrogen) atoms. The zero-order chi connectivity index (χ0) is 11.1. The van der Waals surface area contributed by atoms with Gasteiger partial charge in [0.15, 0.2) is 0 Å². The molecule has 1 aliphatic rings. The molecular formula is C13H28N2. The van der Waals surface area contributed by atoms with Crippen LogP contribution in [0.15, 0.2) is 0 Å². The fourth-order valence-electron chi connectivity index (χ4n) is 2.83. The third-order valence-corrected chi connectivity index (χ3v) is 3.85. The third kappa shape index (κ3) is 4.12. The van der Waals surface area contributed by atoms with Crippen molar-refractivity contribution in [3.8, 4) is 0 Å². The van der Waals surface area contributed by atoms with Crippen LogP contribution in [0.1, 0.15) is 51.9 Å². The van der Waals surface area contributed by atoms with E-state index in [9.17, 15) is 0 Å². The molecule has 0 spiro atoms. The topological polar surface area (TPSA) is 29.3 Å². The van der Waals surface area contributed by atoms with Crippen LogP contribution in [0.25, 0.3) is 0 Å². The van der Waals surface area contributed by atoms with E-state index in [1.165, 1.54) is 51.5 Å². The molecule has 0 bridgehead atoms. The van der Waals surface area contributed by atoms with Gasteiger partial charge in [0.05, 0.1) is 0 Å². The Kier molecular flexibility index (Phi) is 6.26. The summed E-state index contributed by atoms with van der Waals surface area (Å²) in [5, 5.41) is 0. The van der Waals surface area contributed by atoms with Crippen LogP contribution in [0, 0.1) is 5.92 Å². The van der Waals surface area contributed by atoms with Gasteiger partial charge in [-0.05, 0) is 45.3 Å². The van der Waals surface area contributed by atoms with Crippen LogP contribution >= 0.6 is 0 Å². The Labute approximate surface area is 95.2 Å². The highest BCUT2D eigenvalue weighted by molar-refractivity contribution is 4.84. The minimum absolute atomic E-state index is 0.765. The van der Waals surface area contributed by atoms with Gasteiger partial charge in [0.1, 0.15) is 0 Å². The van der Waals surface area contributed by atoms with Crippen molar-refractivity contribution in [2.24, 2.45) is 11.7 Å². The minimum atomic E-state index is 0.765. The normalized spacial score (nSPS) is 26.4. The number of rotatable bonds is 7. The molecule has 0 aromatic rings. The summed E-state index contributed by atoms with van der Waals surface area (Å²) in [5.41, 5.74) is 5.81. The van der Waals surface area contributed by atoms with Crippen molar-refractivity contribution in [1.82, 2.24) is 4.90 Å². The maximum Gasteiger partial charge on any atom is 0.0132 e. The van der Waals surface area contributed by atoms with Crippen molar-refractivity contribution in [2.75, 3.05) is 20.1 Å². The molecule has 90 valence electrons. The number of unbranched alkanes of at least 4 members (excludes halogenated alkanes) is 3. The van der Waals surface area contributed by atoms with Crippen molar-refractivity contribution in [2.45, 2.75) is 57.9 Å². The molecule has 2 N–H and O–H groups in total. The molecule has 0 aliphatic heterocycles. The van der Waals surface area contributed by atoms with Gasteiger partial charge in [0.25, 0.3) is 0 Å². The lowest BCUT2D eigenvalue weighted by Crippen LogP contribution is -2.38. The molecule has 1 rings (SSSR count). The number of nitrogens with two attached hydrogens (primary N) is 1. The lowest BCUT2D eigenvalue weighted by molar-refractivity contribution is 0.197. The van der Waals surface area contributed by atoms with E-state index in [1.807, 2.05) is 0 Å². The largest absolute Gasteiger partial charge is 0.330 e. The van der Waals surface area contributed by atoms with Gasteiger partial charge in [-0.2, -0.15) is 0 Å². The first-order valence-corrected chi connectivity index (χ1v) is 6.70. The predicted molar refractivity (Wildman–Crippen MR) is 67.0 cm³/mol. The molecular weight excluding hydrogens is 184 g/mol.